The van der Waals surface area contributed by atoms with Crippen LogP contribution in [0.15, 0.2) is 40.9 Å². The molecular formula is C30H31BrF5NO3. The number of halogens is 6. The second-order valence-electron chi connectivity index (χ2n) is 11.7. The number of hydrogen-bond acceptors (Lipinski definition) is 2. The summed E-state index contributed by atoms with van der Waals surface area (Å²) in [6.07, 6.45) is -1.31. The molecule has 40 heavy (non-hydrogen) atoms. The van der Waals surface area contributed by atoms with Gasteiger partial charge in [-0.25, -0.2) is 8.78 Å². The molecular weight excluding hydrogens is 597 g/mol. The third kappa shape index (κ3) is 4.94. The van der Waals surface area contributed by atoms with Crippen LogP contribution >= 0.6 is 15.9 Å². The van der Waals surface area contributed by atoms with E-state index in [-0.39, 0.29) is 28.2 Å². The van der Waals surface area contributed by atoms with Crippen LogP contribution in [-0.2, 0) is 33.5 Å². The van der Waals surface area contributed by atoms with Gasteiger partial charge < -0.3 is 10.0 Å². The van der Waals surface area contributed by atoms with Crippen LogP contribution in [0.4, 0.5) is 22.0 Å². The molecule has 10 heteroatoms. The number of carboxylic acid groups (broad SMARTS) is 1. The normalized spacial score (nSPS) is 28.0. The summed E-state index contributed by atoms with van der Waals surface area (Å²) in [6, 6.07) is 8.74. The number of rotatable bonds is 5. The number of aliphatic carboxylic acids is 1. The quantitative estimate of drug-likeness (QED) is 0.355. The largest absolute Gasteiger partial charge is 0.481 e. The lowest BCUT2D eigenvalue weighted by molar-refractivity contribution is -0.229. The number of benzene rings is 2. The Morgan fingerprint density at radius 1 is 1.02 bits per heavy atom. The lowest BCUT2D eigenvalue weighted by Gasteiger charge is -2.45. The van der Waals surface area contributed by atoms with E-state index >= 15 is 4.39 Å². The average Bonchev–Trinajstić information content (AvgIpc) is 3.28. The van der Waals surface area contributed by atoms with Crippen molar-refractivity contribution in [3.05, 3.63) is 68.9 Å². The summed E-state index contributed by atoms with van der Waals surface area (Å²) in [6.45, 7) is 0.972. The van der Waals surface area contributed by atoms with Crippen LogP contribution in [0.5, 0.6) is 0 Å². The molecule has 1 saturated carbocycles. The van der Waals surface area contributed by atoms with Crippen LogP contribution < -0.4 is 0 Å². The number of carbonyl (C=O) groups excluding carboxylic acids is 1. The van der Waals surface area contributed by atoms with Gasteiger partial charge in [-0.05, 0) is 93.2 Å². The van der Waals surface area contributed by atoms with Crippen molar-refractivity contribution in [1.29, 1.82) is 0 Å². The molecule has 3 atom stereocenters. The molecule has 5 rings (SSSR count). The number of alkyl halides is 4. The highest BCUT2D eigenvalue weighted by atomic mass is 79.9. The number of fused-ring (bicyclic) bond motifs is 3. The predicted molar refractivity (Wildman–Crippen MR) is 142 cm³/mol. The second-order valence-corrected chi connectivity index (χ2v) is 12.5. The third-order valence-corrected chi connectivity index (χ3v) is 10.1. The molecule has 2 aliphatic carbocycles. The minimum Gasteiger partial charge on any atom is -0.481 e. The van der Waals surface area contributed by atoms with E-state index in [1.165, 1.54) is 18.2 Å². The number of likely N-dealkylation sites (tertiary alicyclic amines) is 1. The molecule has 2 fully saturated rings. The zero-order chi connectivity index (χ0) is 29.0. The van der Waals surface area contributed by atoms with Crippen molar-refractivity contribution in [3.8, 4) is 0 Å². The second kappa shape index (κ2) is 10.4. The maximum atomic E-state index is 15.1. The Bertz CT molecular complexity index is 1300. The van der Waals surface area contributed by atoms with Crippen LogP contribution in [0.1, 0.15) is 67.7 Å². The third-order valence-electron chi connectivity index (χ3n) is 9.41. The smallest absolute Gasteiger partial charge is 0.426 e. The minimum absolute atomic E-state index is 0.0117. The van der Waals surface area contributed by atoms with Crippen molar-refractivity contribution in [3.63, 3.8) is 0 Å². The number of hydrogen-bond donors (Lipinski definition) is 1. The van der Waals surface area contributed by atoms with Gasteiger partial charge in [-0.1, -0.05) is 34.1 Å². The predicted octanol–water partition coefficient (Wildman–Crippen LogP) is 7.25. The first-order valence-corrected chi connectivity index (χ1v) is 14.4. The highest BCUT2D eigenvalue weighted by molar-refractivity contribution is 9.10. The SMILES string of the molecule is CC(F)(c1cc2c(cc1Br)[C@]1(Cc3ccc(F)cc3)CCN(C(=O)C3CCC(C(=O)O)CC3)[C@@H]1CC2)C(F)(F)F. The summed E-state index contributed by atoms with van der Waals surface area (Å²) >= 11 is 3.23. The van der Waals surface area contributed by atoms with Gasteiger partial charge in [0.15, 0.2) is 0 Å². The molecule has 2 aromatic rings. The van der Waals surface area contributed by atoms with Gasteiger partial charge >= 0.3 is 12.1 Å². The van der Waals surface area contributed by atoms with E-state index < -0.39 is 34.7 Å². The maximum absolute atomic E-state index is 15.1. The van der Waals surface area contributed by atoms with E-state index in [0.29, 0.717) is 70.4 Å². The number of nitrogens with zero attached hydrogens (tertiary/aromatic N) is 1. The van der Waals surface area contributed by atoms with Gasteiger partial charge in [0.1, 0.15) is 5.82 Å². The Hall–Kier alpha value is -2.49. The Balaban J connectivity index is 1.53. The minimum atomic E-state index is -5.09. The first kappa shape index (κ1) is 29.0. The fourth-order valence-corrected chi connectivity index (χ4v) is 7.85. The van der Waals surface area contributed by atoms with Crippen LogP contribution in [-0.4, -0.2) is 40.6 Å². The first-order chi connectivity index (χ1) is 18.7. The van der Waals surface area contributed by atoms with Gasteiger partial charge in [-0.2, -0.15) is 13.2 Å². The van der Waals surface area contributed by atoms with E-state index in [2.05, 4.69) is 15.9 Å². The molecule has 0 aromatic heterocycles. The molecule has 1 aliphatic heterocycles. The highest BCUT2D eigenvalue weighted by Crippen LogP contribution is 2.53. The Labute approximate surface area is 238 Å². The van der Waals surface area contributed by atoms with Crippen molar-refractivity contribution < 1.29 is 36.6 Å². The van der Waals surface area contributed by atoms with Crippen LogP contribution in [0.3, 0.4) is 0 Å². The fourth-order valence-electron chi connectivity index (χ4n) is 7.13. The van der Waals surface area contributed by atoms with E-state index in [1.807, 2.05) is 4.90 Å². The topological polar surface area (TPSA) is 57.6 Å². The van der Waals surface area contributed by atoms with E-state index in [0.717, 1.165) is 11.1 Å². The molecule has 3 aliphatic rings. The fraction of sp³-hybridized carbons (Fsp3) is 0.533. The van der Waals surface area contributed by atoms with Crippen LogP contribution in [0, 0.1) is 17.7 Å². The maximum Gasteiger partial charge on any atom is 0.426 e. The summed E-state index contributed by atoms with van der Waals surface area (Å²) in [5, 5.41) is 9.34. The van der Waals surface area contributed by atoms with E-state index in [1.54, 1.807) is 18.2 Å². The van der Waals surface area contributed by atoms with Crippen molar-refractivity contribution in [2.75, 3.05) is 6.54 Å². The van der Waals surface area contributed by atoms with Crippen molar-refractivity contribution in [2.24, 2.45) is 11.8 Å². The molecule has 0 bridgehead atoms. The molecule has 0 spiro atoms. The Morgan fingerprint density at radius 2 is 1.65 bits per heavy atom. The van der Waals surface area contributed by atoms with Gasteiger partial charge in [-0.3, -0.25) is 9.59 Å². The Morgan fingerprint density at radius 3 is 2.25 bits per heavy atom. The Kier molecular flexibility index (Phi) is 7.55. The number of carboxylic acids is 1. The first-order valence-electron chi connectivity index (χ1n) is 13.6. The molecule has 2 aromatic carbocycles. The number of aryl methyl sites for hydroxylation is 1. The lowest BCUT2D eigenvalue weighted by Crippen LogP contribution is -2.51. The summed E-state index contributed by atoms with van der Waals surface area (Å²) in [5.74, 6) is -1.95. The summed E-state index contributed by atoms with van der Waals surface area (Å²) < 4.78 is 69.7. The summed E-state index contributed by atoms with van der Waals surface area (Å²) in [5.41, 5.74) is -2.43. The summed E-state index contributed by atoms with van der Waals surface area (Å²) in [7, 11) is 0. The number of carbonyl (C=O) groups is 2. The average molecular weight is 628 g/mol. The van der Waals surface area contributed by atoms with Crippen molar-refractivity contribution >= 4 is 27.8 Å². The van der Waals surface area contributed by atoms with Gasteiger partial charge in [0, 0.05) is 34.0 Å². The highest BCUT2D eigenvalue weighted by Gasteiger charge is 2.57. The van der Waals surface area contributed by atoms with Crippen molar-refractivity contribution in [2.45, 2.75) is 81.6 Å². The monoisotopic (exact) mass is 627 g/mol. The number of amides is 1. The zero-order valence-corrected chi connectivity index (χ0v) is 23.6. The van der Waals surface area contributed by atoms with Crippen LogP contribution in [0.25, 0.3) is 0 Å². The molecule has 1 saturated heterocycles. The molecule has 1 heterocycles. The van der Waals surface area contributed by atoms with E-state index in [9.17, 15) is 32.3 Å². The molecule has 1 amide bonds. The lowest BCUT2D eigenvalue weighted by atomic mass is 9.63. The van der Waals surface area contributed by atoms with Crippen molar-refractivity contribution in [1.82, 2.24) is 4.90 Å². The van der Waals surface area contributed by atoms with Gasteiger partial charge in [0.05, 0.1) is 5.92 Å². The molecule has 1 N–H and O–H groups in total. The van der Waals surface area contributed by atoms with Crippen LogP contribution in [0.2, 0.25) is 0 Å². The molecule has 1 unspecified atom stereocenters. The van der Waals surface area contributed by atoms with Gasteiger partial charge in [0.2, 0.25) is 11.6 Å². The molecule has 0 radical (unpaired) electrons. The molecule has 216 valence electrons. The summed E-state index contributed by atoms with van der Waals surface area (Å²) in [4.78, 5) is 27.1. The zero-order valence-electron chi connectivity index (χ0n) is 22.0. The van der Waals surface area contributed by atoms with E-state index in [4.69, 9.17) is 0 Å². The molecule has 4 nitrogen and oxygen atoms in total. The standard InChI is InChI=1S/C30H31BrF5NO3/c1-28(33,30(34,35)36)23-14-20-8-11-25-29(22(20)15-24(23)31,16-17-2-9-21(32)10-3-17)12-13-37(25)26(38)18-4-6-19(7-5-18)27(39)40/h2-3,9-10,14-15,18-19,25H,4-8,11-13,16H2,1H3,(H,39,40)/t18?,19?,25-,28?,29-/m1/s1. The van der Waals surface area contributed by atoms with Gasteiger partial charge in [-0.15, -0.1) is 0 Å². The van der Waals surface area contributed by atoms with Gasteiger partial charge in [0.25, 0.3) is 0 Å².